The van der Waals surface area contributed by atoms with Crippen molar-refractivity contribution in [2.45, 2.75) is 19.4 Å². The van der Waals surface area contributed by atoms with Gasteiger partial charge in [-0.3, -0.25) is 19.2 Å². The smallest absolute Gasteiger partial charge is 0.322 e. The maximum absolute atomic E-state index is 11.9. The van der Waals surface area contributed by atoms with Crippen LogP contribution in [0.4, 0.5) is 0 Å². The number of amides is 3. The van der Waals surface area contributed by atoms with Gasteiger partial charge >= 0.3 is 5.97 Å². The second kappa shape index (κ2) is 8.39. The molecule has 0 unspecified atom stereocenters. The monoisotopic (exact) mass is 311 g/mol. The predicted octanol–water partition coefficient (Wildman–Crippen LogP) is -2.23. The number of hydrogen-bond acceptors (Lipinski definition) is 5. The number of H-pyrrole nitrogens is 1. The molecule has 0 saturated heterocycles. The van der Waals surface area contributed by atoms with Gasteiger partial charge in [0.1, 0.15) is 12.6 Å². The van der Waals surface area contributed by atoms with Crippen LogP contribution in [0.3, 0.4) is 0 Å². The van der Waals surface area contributed by atoms with Crippen LogP contribution < -0.4 is 16.0 Å². The number of aromatic amines is 1. The first-order chi connectivity index (χ1) is 10.4. The Kier molecular flexibility index (Phi) is 6.54. The van der Waals surface area contributed by atoms with E-state index in [9.17, 15) is 19.2 Å². The van der Waals surface area contributed by atoms with Crippen molar-refractivity contribution in [3.05, 3.63) is 18.2 Å². The summed E-state index contributed by atoms with van der Waals surface area (Å²) in [7, 11) is 0. The average molecular weight is 311 g/mol. The lowest BCUT2D eigenvalue weighted by Crippen LogP contribution is -2.51. The van der Waals surface area contributed by atoms with E-state index in [1.165, 1.54) is 19.4 Å². The normalized spacial score (nSPS) is 11.3. The van der Waals surface area contributed by atoms with Gasteiger partial charge in [0.2, 0.25) is 17.7 Å². The van der Waals surface area contributed by atoms with Gasteiger partial charge in [-0.2, -0.15) is 0 Å². The number of carbonyl (C=O) groups is 4. The van der Waals surface area contributed by atoms with E-state index in [0.717, 1.165) is 0 Å². The number of aliphatic carboxylic acids is 1. The van der Waals surface area contributed by atoms with Crippen LogP contribution in [0.5, 0.6) is 0 Å². The quantitative estimate of drug-likeness (QED) is 0.366. The summed E-state index contributed by atoms with van der Waals surface area (Å²) in [6, 6.07) is -0.985. The molecule has 0 aliphatic rings. The third-order valence-corrected chi connectivity index (χ3v) is 2.54. The molecule has 1 atom stereocenters. The minimum Gasteiger partial charge on any atom is -0.480 e. The molecule has 120 valence electrons. The molecule has 0 bridgehead atoms. The zero-order chi connectivity index (χ0) is 16.5. The van der Waals surface area contributed by atoms with Crippen LogP contribution in [0.2, 0.25) is 0 Å². The summed E-state index contributed by atoms with van der Waals surface area (Å²) in [6.45, 7) is 0.426. The van der Waals surface area contributed by atoms with E-state index < -0.39 is 30.4 Å². The Balaban J connectivity index is 2.64. The van der Waals surface area contributed by atoms with Crippen LogP contribution >= 0.6 is 0 Å². The molecule has 0 fully saturated rings. The summed E-state index contributed by atoms with van der Waals surface area (Å²) in [6.07, 6.45) is 3.01. The van der Waals surface area contributed by atoms with E-state index in [1.807, 2.05) is 0 Å². The molecule has 1 aromatic heterocycles. The van der Waals surface area contributed by atoms with Crippen molar-refractivity contribution in [2.75, 3.05) is 13.1 Å². The Labute approximate surface area is 125 Å². The molecule has 22 heavy (non-hydrogen) atoms. The summed E-state index contributed by atoms with van der Waals surface area (Å²) >= 11 is 0. The van der Waals surface area contributed by atoms with Gasteiger partial charge in [0.25, 0.3) is 0 Å². The highest BCUT2D eigenvalue weighted by Crippen LogP contribution is 1.99. The molecular formula is C12H17N5O5. The molecule has 0 aliphatic heterocycles. The second-order valence-corrected chi connectivity index (χ2v) is 4.42. The molecule has 0 aromatic carbocycles. The predicted molar refractivity (Wildman–Crippen MR) is 73.6 cm³/mol. The summed E-state index contributed by atoms with van der Waals surface area (Å²) < 4.78 is 0. The van der Waals surface area contributed by atoms with Gasteiger partial charge in [0.15, 0.2) is 0 Å². The lowest BCUT2D eigenvalue weighted by Gasteiger charge is -2.17. The van der Waals surface area contributed by atoms with Crippen LogP contribution in [0, 0.1) is 0 Å². The molecule has 0 saturated carbocycles. The van der Waals surface area contributed by atoms with Crippen LogP contribution in [0.25, 0.3) is 0 Å². The van der Waals surface area contributed by atoms with Crippen molar-refractivity contribution >= 4 is 23.7 Å². The molecule has 1 rings (SSSR count). The van der Waals surface area contributed by atoms with E-state index in [0.29, 0.717) is 5.69 Å². The number of nitrogens with one attached hydrogen (secondary N) is 4. The minimum atomic E-state index is -1.20. The van der Waals surface area contributed by atoms with Crippen molar-refractivity contribution in [1.29, 1.82) is 0 Å². The highest BCUT2D eigenvalue weighted by Gasteiger charge is 2.22. The second-order valence-electron chi connectivity index (χ2n) is 4.42. The van der Waals surface area contributed by atoms with Crippen molar-refractivity contribution < 1.29 is 24.3 Å². The maximum atomic E-state index is 11.9. The van der Waals surface area contributed by atoms with Crippen molar-refractivity contribution in [1.82, 2.24) is 25.9 Å². The summed E-state index contributed by atoms with van der Waals surface area (Å²) in [5.74, 6) is -2.79. The van der Waals surface area contributed by atoms with Gasteiger partial charge in [-0.15, -0.1) is 0 Å². The number of rotatable bonds is 8. The van der Waals surface area contributed by atoms with Gasteiger partial charge in [-0.1, -0.05) is 0 Å². The Morgan fingerprint density at radius 3 is 2.55 bits per heavy atom. The number of carbonyl (C=O) groups excluding carboxylic acids is 3. The first kappa shape index (κ1) is 17.1. The van der Waals surface area contributed by atoms with Gasteiger partial charge in [0, 0.05) is 25.2 Å². The van der Waals surface area contributed by atoms with Crippen molar-refractivity contribution in [3.8, 4) is 0 Å². The molecule has 0 aliphatic carbocycles. The van der Waals surface area contributed by atoms with Gasteiger partial charge in [-0.05, 0) is 0 Å². The SMILES string of the molecule is CC(=O)NCC(=O)N[C@@H](Cc1cnc[nH]1)C(=O)NCC(=O)O. The van der Waals surface area contributed by atoms with E-state index in [1.54, 1.807) is 0 Å². The number of imidazole rings is 1. The summed E-state index contributed by atoms with van der Waals surface area (Å²) in [5.41, 5.74) is 0.593. The fourth-order valence-electron chi connectivity index (χ4n) is 1.56. The topological polar surface area (TPSA) is 153 Å². The fraction of sp³-hybridized carbons (Fsp3) is 0.417. The molecular weight excluding hydrogens is 294 g/mol. The van der Waals surface area contributed by atoms with E-state index in [2.05, 4.69) is 25.9 Å². The molecule has 0 spiro atoms. The molecule has 1 aromatic rings. The zero-order valence-electron chi connectivity index (χ0n) is 11.9. The Morgan fingerprint density at radius 1 is 1.27 bits per heavy atom. The number of hydrogen-bond donors (Lipinski definition) is 5. The van der Waals surface area contributed by atoms with Gasteiger partial charge in [-0.25, -0.2) is 4.98 Å². The zero-order valence-corrected chi connectivity index (χ0v) is 11.9. The van der Waals surface area contributed by atoms with Gasteiger partial charge in [0.05, 0.1) is 12.9 Å². The highest BCUT2D eigenvalue weighted by molar-refractivity contribution is 5.91. The van der Waals surface area contributed by atoms with E-state index >= 15 is 0 Å². The number of carboxylic acid groups (broad SMARTS) is 1. The standard InChI is InChI=1S/C12H17N5O5/c1-7(18)14-4-10(19)17-9(2-8-3-13-6-16-8)12(22)15-5-11(20)21/h3,6,9H,2,4-5H2,1H3,(H,13,16)(H,14,18)(H,15,22)(H,17,19)(H,20,21)/t9-/m0/s1. The van der Waals surface area contributed by atoms with Crippen LogP contribution in [0.15, 0.2) is 12.5 Å². The van der Waals surface area contributed by atoms with Crippen molar-refractivity contribution in [3.63, 3.8) is 0 Å². The molecule has 1 heterocycles. The largest absolute Gasteiger partial charge is 0.480 e. The molecule has 10 heteroatoms. The number of nitrogens with zero attached hydrogens (tertiary/aromatic N) is 1. The Morgan fingerprint density at radius 2 is 2.00 bits per heavy atom. The first-order valence-electron chi connectivity index (χ1n) is 6.39. The lowest BCUT2D eigenvalue weighted by molar-refractivity contribution is -0.138. The molecule has 0 radical (unpaired) electrons. The Bertz CT molecular complexity index is 542. The minimum absolute atomic E-state index is 0.108. The van der Waals surface area contributed by atoms with Crippen LogP contribution in [-0.4, -0.2) is 57.9 Å². The Hall–Kier alpha value is -2.91. The third kappa shape index (κ3) is 6.50. The fourth-order valence-corrected chi connectivity index (χ4v) is 1.56. The molecule has 3 amide bonds. The first-order valence-corrected chi connectivity index (χ1v) is 6.39. The molecule has 10 nitrogen and oxygen atoms in total. The average Bonchev–Trinajstić information content (AvgIpc) is 2.94. The van der Waals surface area contributed by atoms with Crippen molar-refractivity contribution in [2.24, 2.45) is 0 Å². The highest BCUT2D eigenvalue weighted by atomic mass is 16.4. The maximum Gasteiger partial charge on any atom is 0.322 e. The van der Waals surface area contributed by atoms with Gasteiger partial charge < -0.3 is 26.0 Å². The third-order valence-electron chi connectivity index (χ3n) is 2.54. The lowest BCUT2D eigenvalue weighted by atomic mass is 10.1. The van der Waals surface area contributed by atoms with Crippen LogP contribution in [-0.2, 0) is 25.6 Å². The van der Waals surface area contributed by atoms with Crippen LogP contribution in [0.1, 0.15) is 12.6 Å². The van der Waals surface area contributed by atoms with E-state index in [4.69, 9.17) is 5.11 Å². The summed E-state index contributed by atoms with van der Waals surface area (Å²) in [5, 5.41) is 15.5. The number of carboxylic acids is 1. The summed E-state index contributed by atoms with van der Waals surface area (Å²) in [4.78, 5) is 51.4. The molecule has 5 N–H and O–H groups in total. The number of aromatic nitrogens is 2. The van der Waals surface area contributed by atoms with E-state index in [-0.39, 0.29) is 18.9 Å².